The SMILES string of the molecule is CCC(C(=O)O)N(C)C(=O)NCCCS(C)(=O)=O. The molecule has 0 fully saturated rings. The van der Waals surface area contributed by atoms with Crippen LogP contribution < -0.4 is 5.32 Å². The zero-order valence-corrected chi connectivity index (χ0v) is 11.7. The van der Waals surface area contributed by atoms with Crippen molar-refractivity contribution in [2.24, 2.45) is 0 Å². The summed E-state index contributed by atoms with van der Waals surface area (Å²) in [4.78, 5) is 23.5. The highest BCUT2D eigenvalue weighted by Gasteiger charge is 2.24. The molecule has 0 rings (SSSR count). The average molecular weight is 280 g/mol. The third-order valence-electron chi connectivity index (χ3n) is 2.43. The predicted molar refractivity (Wildman–Crippen MR) is 67.2 cm³/mol. The van der Waals surface area contributed by atoms with Crippen molar-refractivity contribution in [3.63, 3.8) is 0 Å². The fraction of sp³-hybridized carbons (Fsp3) is 0.800. The first-order chi connectivity index (χ1) is 8.19. The van der Waals surface area contributed by atoms with Gasteiger partial charge in [0.2, 0.25) is 0 Å². The van der Waals surface area contributed by atoms with Crippen molar-refractivity contribution in [2.45, 2.75) is 25.8 Å². The van der Waals surface area contributed by atoms with Crippen LogP contribution in [0.25, 0.3) is 0 Å². The molecular weight excluding hydrogens is 260 g/mol. The van der Waals surface area contributed by atoms with Crippen LogP contribution in [0, 0.1) is 0 Å². The van der Waals surface area contributed by atoms with Gasteiger partial charge in [-0.25, -0.2) is 18.0 Å². The number of carbonyl (C=O) groups is 2. The van der Waals surface area contributed by atoms with E-state index in [1.54, 1.807) is 6.92 Å². The van der Waals surface area contributed by atoms with Crippen LogP contribution in [0.5, 0.6) is 0 Å². The lowest BCUT2D eigenvalue weighted by Gasteiger charge is -2.23. The van der Waals surface area contributed by atoms with E-state index in [0.717, 1.165) is 11.2 Å². The van der Waals surface area contributed by atoms with Crippen LogP contribution >= 0.6 is 0 Å². The van der Waals surface area contributed by atoms with Gasteiger partial charge in [0.25, 0.3) is 0 Å². The molecular formula is C10H20N2O5S. The molecule has 1 atom stereocenters. The first-order valence-electron chi connectivity index (χ1n) is 5.60. The fourth-order valence-electron chi connectivity index (χ4n) is 1.41. The van der Waals surface area contributed by atoms with Gasteiger partial charge in [-0.05, 0) is 12.8 Å². The number of hydrogen-bond donors (Lipinski definition) is 2. The molecule has 0 saturated carbocycles. The number of carbonyl (C=O) groups excluding carboxylic acids is 1. The van der Waals surface area contributed by atoms with Crippen molar-refractivity contribution in [2.75, 3.05) is 25.6 Å². The topological polar surface area (TPSA) is 104 Å². The number of sulfone groups is 1. The number of urea groups is 1. The molecule has 2 amide bonds. The van der Waals surface area contributed by atoms with Crippen molar-refractivity contribution < 1.29 is 23.1 Å². The molecule has 2 N–H and O–H groups in total. The van der Waals surface area contributed by atoms with Crippen LogP contribution in [0.15, 0.2) is 0 Å². The van der Waals surface area contributed by atoms with Crippen LogP contribution in [-0.4, -0.2) is 62.1 Å². The predicted octanol–water partition coefficient (Wildman–Crippen LogP) is -0.0743. The summed E-state index contributed by atoms with van der Waals surface area (Å²) in [6.45, 7) is 1.87. The number of carboxylic acid groups (broad SMARTS) is 1. The van der Waals surface area contributed by atoms with E-state index in [2.05, 4.69) is 5.32 Å². The Hall–Kier alpha value is -1.31. The molecule has 18 heavy (non-hydrogen) atoms. The first kappa shape index (κ1) is 16.7. The molecule has 0 aliphatic rings. The number of aliphatic carboxylic acids is 1. The van der Waals surface area contributed by atoms with Gasteiger partial charge in [0, 0.05) is 19.8 Å². The summed E-state index contributed by atoms with van der Waals surface area (Å²) in [5.41, 5.74) is 0. The highest BCUT2D eigenvalue weighted by molar-refractivity contribution is 7.90. The Morgan fingerprint density at radius 1 is 1.39 bits per heavy atom. The summed E-state index contributed by atoms with van der Waals surface area (Å²) in [6, 6.07) is -1.39. The molecule has 0 aromatic rings. The van der Waals surface area contributed by atoms with E-state index in [0.29, 0.717) is 12.8 Å². The van der Waals surface area contributed by atoms with Gasteiger partial charge >= 0.3 is 12.0 Å². The quantitative estimate of drug-likeness (QED) is 0.635. The largest absolute Gasteiger partial charge is 0.480 e. The minimum Gasteiger partial charge on any atom is -0.480 e. The monoisotopic (exact) mass is 280 g/mol. The van der Waals surface area contributed by atoms with Crippen LogP contribution in [0.4, 0.5) is 4.79 Å². The number of carboxylic acids is 1. The Morgan fingerprint density at radius 3 is 2.33 bits per heavy atom. The number of rotatable bonds is 7. The highest BCUT2D eigenvalue weighted by Crippen LogP contribution is 2.02. The smallest absolute Gasteiger partial charge is 0.326 e. The molecule has 0 radical (unpaired) electrons. The summed E-state index contributed by atoms with van der Waals surface area (Å²) in [5, 5.41) is 11.4. The van der Waals surface area contributed by atoms with Crippen molar-refractivity contribution in [3.05, 3.63) is 0 Å². The number of amides is 2. The van der Waals surface area contributed by atoms with Crippen molar-refractivity contribution in [1.82, 2.24) is 10.2 Å². The molecule has 1 unspecified atom stereocenters. The van der Waals surface area contributed by atoms with Gasteiger partial charge in [-0.3, -0.25) is 0 Å². The van der Waals surface area contributed by atoms with Crippen molar-refractivity contribution in [3.8, 4) is 0 Å². The summed E-state index contributed by atoms with van der Waals surface area (Å²) in [7, 11) is -1.64. The lowest BCUT2D eigenvalue weighted by Crippen LogP contribution is -2.47. The Kier molecular flexibility index (Phi) is 6.67. The maximum absolute atomic E-state index is 11.6. The van der Waals surface area contributed by atoms with Gasteiger partial charge in [-0.2, -0.15) is 0 Å². The molecule has 106 valence electrons. The summed E-state index contributed by atoms with van der Waals surface area (Å²) >= 11 is 0. The van der Waals surface area contributed by atoms with Gasteiger partial charge < -0.3 is 15.3 Å². The zero-order valence-electron chi connectivity index (χ0n) is 10.8. The van der Waals surface area contributed by atoms with Gasteiger partial charge in [0.05, 0.1) is 5.75 Å². The maximum Gasteiger partial charge on any atom is 0.326 e. The maximum atomic E-state index is 11.6. The molecule has 0 aromatic carbocycles. The van der Waals surface area contributed by atoms with Crippen LogP contribution in [0.2, 0.25) is 0 Å². The molecule has 0 aromatic heterocycles. The average Bonchev–Trinajstić information content (AvgIpc) is 2.23. The zero-order chi connectivity index (χ0) is 14.3. The Morgan fingerprint density at radius 2 is 1.94 bits per heavy atom. The molecule has 0 aliphatic carbocycles. The second kappa shape index (κ2) is 7.20. The van der Waals surface area contributed by atoms with Gasteiger partial charge in [0.1, 0.15) is 15.9 Å². The molecule has 0 heterocycles. The second-order valence-corrected chi connectivity index (χ2v) is 6.35. The number of nitrogens with one attached hydrogen (secondary N) is 1. The molecule has 8 heteroatoms. The van der Waals surface area contributed by atoms with E-state index in [4.69, 9.17) is 5.11 Å². The Bertz CT molecular complexity index is 393. The molecule has 0 saturated heterocycles. The summed E-state index contributed by atoms with van der Waals surface area (Å²) < 4.78 is 21.7. The molecule has 0 aliphatic heterocycles. The minimum atomic E-state index is -3.04. The lowest BCUT2D eigenvalue weighted by atomic mass is 10.2. The van der Waals surface area contributed by atoms with Crippen LogP contribution in [0.3, 0.4) is 0 Å². The third-order valence-corrected chi connectivity index (χ3v) is 3.46. The lowest BCUT2D eigenvalue weighted by molar-refractivity contribution is -0.141. The van der Waals surface area contributed by atoms with E-state index in [9.17, 15) is 18.0 Å². The summed E-state index contributed by atoms with van der Waals surface area (Å²) in [5.74, 6) is -1.07. The van der Waals surface area contributed by atoms with Gasteiger partial charge in [0.15, 0.2) is 0 Å². The molecule has 7 nitrogen and oxygen atoms in total. The Labute approximate surface area is 107 Å². The van der Waals surface area contributed by atoms with Crippen LogP contribution in [-0.2, 0) is 14.6 Å². The fourth-order valence-corrected chi connectivity index (χ4v) is 2.08. The number of likely N-dealkylation sites (N-methyl/N-ethyl adjacent to an activating group) is 1. The van der Waals surface area contributed by atoms with Crippen molar-refractivity contribution >= 4 is 21.8 Å². The van der Waals surface area contributed by atoms with E-state index in [-0.39, 0.29) is 12.3 Å². The second-order valence-electron chi connectivity index (χ2n) is 4.09. The molecule has 0 bridgehead atoms. The van der Waals surface area contributed by atoms with E-state index in [1.807, 2.05) is 0 Å². The van der Waals surface area contributed by atoms with Gasteiger partial charge in [-0.1, -0.05) is 6.92 Å². The Balaban J connectivity index is 4.13. The van der Waals surface area contributed by atoms with E-state index < -0.39 is 27.9 Å². The van der Waals surface area contributed by atoms with E-state index >= 15 is 0 Å². The third kappa shape index (κ3) is 6.43. The number of hydrogen-bond acceptors (Lipinski definition) is 4. The standard InChI is InChI=1S/C10H20N2O5S/c1-4-8(9(13)14)12(2)10(15)11-6-5-7-18(3,16)17/h8H,4-7H2,1-3H3,(H,11,15)(H,13,14). The highest BCUT2D eigenvalue weighted by atomic mass is 32.2. The van der Waals surface area contributed by atoms with Crippen LogP contribution in [0.1, 0.15) is 19.8 Å². The normalized spacial score (nSPS) is 12.8. The first-order valence-corrected chi connectivity index (χ1v) is 7.66. The van der Waals surface area contributed by atoms with E-state index in [1.165, 1.54) is 7.05 Å². The van der Waals surface area contributed by atoms with Gasteiger partial charge in [-0.15, -0.1) is 0 Å². The minimum absolute atomic E-state index is 0.00681. The molecule has 0 spiro atoms. The van der Waals surface area contributed by atoms with Crippen molar-refractivity contribution in [1.29, 1.82) is 0 Å². The number of nitrogens with zero attached hydrogens (tertiary/aromatic N) is 1. The summed E-state index contributed by atoms with van der Waals surface area (Å²) in [6.07, 6.45) is 1.74.